The van der Waals surface area contributed by atoms with Crippen LogP contribution in [0, 0.1) is 12.7 Å². The maximum absolute atomic E-state index is 13.6. The van der Waals surface area contributed by atoms with Crippen molar-refractivity contribution in [3.8, 4) is 11.3 Å². The first kappa shape index (κ1) is 18.5. The van der Waals surface area contributed by atoms with Crippen molar-refractivity contribution in [3.05, 3.63) is 70.6 Å². The molecular formula is C22H24FN5. The van der Waals surface area contributed by atoms with Gasteiger partial charge in [-0.15, -0.1) is 0 Å². The zero-order valence-corrected chi connectivity index (χ0v) is 16.2. The Hall–Kier alpha value is -2.86. The van der Waals surface area contributed by atoms with Gasteiger partial charge in [-0.2, -0.15) is 0 Å². The second-order valence-electron chi connectivity index (χ2n) is 7.20. The van der Waals surface area contributed by atoms with Gasteiger partial charge in [-0.25, -0.2) is 14.4 Å². The number of anilines is 1. The van der Waals surface area contributed by atoms with Crippen LogP contribution in [0.15, 0.2) is 36.5 Å². The highest BCUT2D eigenvalue weighted by atomic mass is 19.1. The smallest absolute Gasteiger partial charge is 0.139 e. The van der Waals surface area contributed by atoms with Gasteiger partial charge in [-0.3, -0.25) is 4.98 Å². The zero-order chi connectivity index (χ0) is 19.5. The first-order valence-corrected chi connectivity index (χ1v) is 9.62. The Kier molecular flexibility index (Phi) is 5.30. The molecule has 0 unspecified atom stereocenters. The van der Waals surface area contributed by atoms with Gasteiger partial charge in [0.2, 0.25) is 0 Å². The summed E-state index contributed by atoms with van der Waals surface area (Å²) in [6.07, 6.45) is 4.13. The second kappa shape index (κ2) is 8.02. The number of rotatable bonds is 7. The van der Waals surface area contributed by atoms with Crippen molar-refractivity contribution in [2.45, 2.75) is 26.2 Å². The summed E-state index contributed by atoms with van der Waals surface area (Å²) in [5.41, 5.74) is 6.15. The highest BCUT2D eigenvalue weighted by Gasteiger charge is 2.26. The molecule has 1 aromatic carbocycles. The fourth-order valence-corrected chi connectivity index (χ4v) is 3.61. The molecule has 0 saturated carbocycles. The molecule has 1 aliphatic rings. The lowest BCUT2D eigenvalue weighted by Gasteiger charge is -2.13. The molecule has 0 fully saturated rings. The second-order valence-corrected chi connectivity index (χ2v) is 7.20. The average Bonchev–Trinajstić information content (AvgIpc) is 3.02. The van der Waals surface area contributed by atoms with Crippen molar-refractivity contribution in [1.29, 1.82) is 0 Å². The fraction of sp³-hybridized carbons (Fsp3) is 0.318. The van der Waals surface area contributed by atoms with Crippen LogP contribution in [-0.4, -0.2) is 35.1 Å². The third-order valence-electron chi connectivity index (χ3n) is 4.88. The summed E-state index contributed by atoms with van der Waals surface area (Å²) in [6.45, 7) is 3.80. The molecule has 0 saturated heterocycles. The lowest BCUT2D eigenvalue weighted by atomic mass is 10.1. The standard InChI is InChI=1S/C22H24FN5/c1-14-9-16-12-18-20(21(16)26-13-14)22(25-8-4-7-24-2)28-19(27-18)11-15-5-3-6-17(23)10-15/h3,5-6,9-10,13,24H,4,7-8,11-12H2,1-2H3,(H,25,27,28). The van der Waals surface area contributed by atoms with Gasteiger partial charge in [0, 0.05) is 25.6 Å². The third-order valence-corrected chi connectivity index (χ3v) is 4.88. The quantitative estimate of drug-likeness (QED) is 0.483. The van der Waals surface area contributed by atoms with Crippen LogP contribution in [0.4, 0.5) is 10.2 Å². The predicted octanol–water partition coefficient (Wildman–Crippen LogP) is 3.50. The molecule has 0 spiro atoms. The largest absolute Gasteiger partial charge is 0.369 e. The number of fused-ring (bicyclic) bond motifs is 3. The van der Waals surface area contributed by atoms with E-state index in [1.165, 1.54) is 17.7 Å². The van der Waals surface area contributed by atoms with Crippen molar-refractivity contribution in [2.75, 3.05) is 25.5 Å². The number of pyridine rings is 1. The van der Waals surface area contributed by atoms with Crippen molar-refractivity contribution in [3.63, 3.8) is 0 Å². The van der Waals surface area contributed by atoms with E-state index < -0.39 is 0 Å². The number of hydrogen-bond donors (Lipinski definition) is 2. The van der Waals surface area contributed by atoms with Crippen LogP contribution in [-0.2, 0) is 12.8 Å². The van der Waals surface area contributed by atoms with Gasteiger partial charge in [0.05, 0.1) is 17.0 Å². The average molecular weight is 377 g/mol. The van der Waals surface area contributed by atoms with Crippen LogP contribution in [0.5, 0.6) is 0 Å². The van der Waals surface area contributed by atoms with Crippen LogP contribution in [0.2, 0.25) is 0 Å². The number of aromatic nitrogens is 3. The SMILES string of the molecule is CNCCCNc1nc(Cc2cccc(F)c2)nc2c1-c1ncc(C)cc1C2. The molecule has 2 aromatic heterocycles. The van der Waals surface area contributed by atoms with E-state index in [9.17, 15) is 4.39 Å². The van der Waals surface area contributed by atoms with Gasteiger partial charge in [0.1, 0.15) is 17.5 Å². The molecule has 4 rings (SSSR count). The van der Waals surface area contributed by atoms with Crippen LogP contribution >= 0.6 is 0 Å². The number of benzene rings is 1. The molecule has 2 N–H and O–H groups in total. The van der Waals surface area contributed by atoms with E-state index in [1.807, 2.05) is 26.2 Å². The summed E-state index contributed by atoms with van der Waals surface area (Å²) >= 11 is 0. The highest BCUT2D eigenvalue weighted by molar-refractivity contribution is 5.81. The minimum Gasteiger partial charge on any atom is -0.369 e. The number of nitrogens with one attached hydrogen (secondary N) is 2. The van der Waals surface area contributed by atoms with Crippen molar-refractivity contribution in [1.82, 2.24) is 20.3 Å². The molecule has 0 amide bonds. The molecule has 5 nitrogen and oxygen atoms in total. The topological polar surface area (TPSA) is 62.7 Å². The Bertz CT molecular complexity index is 1000. The van der Waals surface area contributed by atoms with E-state index in [-0.39, 0.29) is 5.82 Å². The van der Waals surface area contributed by atoms with Gasteiger partial charge < -0.3 is 10.6 Å². The summed E-state index contributed by atoms with van der Waals surface area (Å²) in [5, 5.41) is 6.62. The molecular weight excluding hydrogens is 353 g/mol. The van der Waals surface area contributed by atoms with Crippen molar-refractivity contribution < 1.29 is 4.39 Å². The Balaban J connectivity index is 1.69. The van der Waals surface area contributed by atoms with E-state index in [0.29, 0.717) is 12.2 Å². The van der Waals surface area contributed by atoms with E-state index in [2.05, 4.69) is 21.7 Å². The number of hydrogen-bond acceptors (Lipinski definition) is 5. The molecule has 3 aromatic rings. The Morgan fingerprint density at radius 1 is 1.14 bits per heavy atom. The van der Waals surface area contributed by atoms with Crippen LogP contribution in [0.3, 0.4) is 0 Å². The molecule has 0 radical (unpaired) electrons. The molecule has 0 bridgehead atoms. The summed E-state index contributed by atoms with van der Waals surface area (Å²) in [6, 6.07) is 8.78. The third kappa shape index (κ3) is 3.87. The number of halogens is 1. The van der Waals surface area contributed by atoms with Crippen LogP contribution in [0.1, 0.15) is 34.6 Å². The minimum absolute atomic E-state index is 0.240. The molecule has 2 heterocycles. The maximum Gasteiger partial charge on any atom is 0.139 e. The summed E-state index contributed by atoms with van der Waals surface area (Å²) < 4.78 is 13.6. The summed E-state index contributed by atoms with van der Waals surface area (Å²) in [7, 11) is 1.95. The zero-order valence-electron chi connectivity index (χ0n) is 16.2. The number of aryl methyl sites for hydroxylation is 1. The maximum atomic E-state index is 13.6. The van der Waals surface area contributed by atoms with E-state index in [1.54, 1.807) is 6.07 Å². The minimum atomic E-state index is -0.240. The van der Waals surface area contributed by atoms with Crippen molar-refractivity contribution in [2.24, 2.45) is 0 Å². The normalized spacial score (nSPS) is 12.0. The van der Waals surface area contributed by atoms with Gasteiger partial charge in [-0.05, 0) is 55.8 Å². The lowest BCUT2D eigenvalue weighted by Crippen LogP contribution is -2.15. The molecule has 1 aliphatic carbocycles. The Labute approximate surface area is 164 Å². The molecule has 144 valence electrons. The van der Waals surface area contributed by atoms with E-state index in [4.69, 9.17) is 9.97 Å². The van der Waals surface area contributed by atoms with E-state index >= 15 is 0 Å². The predicted molar refractivity (Wildman–Crippen MR) is 109 cm³/mol. The van der Waals surface area contributed by atoms with Crippen LogP contribution in [0.25, 0.3) is 11.3 Å². The fourth-order valence-electron chi connectivity index (χ4n) is 3.61. The number of nitrogens with zero attached hydrogens (tertiary/aromatic N) is 3. The Morgan fingerprint density at radius 3 is 2.86 bits per heavy atom. The van der Waals surface area contributed by atoms with Gasteiger partial charge in [0.25, 0.3) is 0 Å². The first-order valence-electron chi connectivity index (χ1n) is 9.62. The molecule has 0 atom stereocenters. The summed E-state index contributed by atoms with van der Waals surface area (Å²) in [4.78, 5) is 14.2. The molecule has 28 heavy (non-hydrogen) atoms. The van der Waals surface area contributed by atoms with E-state index in [0.717, 1.165) is 59.8 Å². The first-order chi connectivity index (χ1) is 13.6. The van der Waals surface area contributed by atoms with Crippen LogP contribution < -0.4 is 10.6 Å². The van der Waals surface area contributed by atoms with Gasteiger partial charge in [0.15, 0.2) is 0 Å². The Morgan fingerprint density at radius 2 is 2.04 bits per heavy atom. The summed E-state index contributed by atoms with van der Waals surface area (Å²) in [5.74, 6) is 1.28. The van der Waals surface area contributed by atoms with Crippen molar-refractivity contribution >= 4 is 5.82 Å². The van der Waals surface area contributed by atoms with Gasteiger partial charge in [-0.1, -0.05) is 18.2 Å². The van der Waals surface area contributed by atoms with Gasteiger partial charge >= 0.3 is 0 Å². The monoisotopic (exact) mass is 377 g/mol. The highest BCUT2D eigenvalue weighted by Crippen LogP contribution is 2.38. The lowest BCUT2D eigenvalue weighted by molar-refractivity contribution is 0.625. The molecule has 6 heteroatoms. The molecule has 0 aliphatic heterocycles.